The van der Waals surface area contributed by atoms with Crippen LogP contribution in [0.2, 0.25) is 0 Å². The number of amides is 1. The number of hydrogen-bond donors (Lipinski definition) is 1. The molecule has 0 fully saturated rings. The van der Waals surface area contributed by atoms with Crippen LogP contribution in [0.15, 0.2) is 30.5 Å². The molecule has 0 aliphatic carbocycles. The van der Waals surface area contributed by atoms with E-state index >= 15 is 0 Å². The second kappa shape index (κ2) is 6.34. The van der Waals surface area contributed by atoms with E-state index < -0.39 is 0 Å². The van der Waals surface area contributed by atoms with Crippen LogP contribution in [0.25, 0.3) is 16.5 Å². The number of aromatic nitrogens is 1. The molecule has 2 heterocycles. The van der Waals surface area contributed by atoms with Gasteiger partial charge in [0.15, 0.2) is 0 Å². The number of H-pyrrole nitrogens is 1. The molecule has 4 heteroatoms. The molecule has 3 rings (SSSR count). The predicted molar refractivity (Wildman–Crippen MR) is 87.0 cm³/mol. The van der Waals surface area contributed by atoms with E-state index in [0.29, 0.717) is 13.0 Å². The maximum absolute atomic E-state index is 13.5. The van der Waals surface area contributed by atoms with Crippen molar-refractivity contribution < 1.29 is 9.18 Å². The van der Waals surface area contributed by atoms with Crippen LogP contribution in [-0.2, 0) is 4.79 Å². The van der Waals surface area contributed by atoms with Crippen LogP contribution in [0.4, 0.5) is 4.39 Å². The van der Waals surface area contributed by atoms with Gasteiger partial charge >= 0.3 is 0 Å². The first kappa shape index (κ1) is 14.8. The first-order chi connectivity index (χ1) is 10.7. The number of carbonyl (C=O) groups excluding carboxylic acids is 1. The third-order valence-corrected chi connectivity index (χ3v) is 4.30. The molecule has 2 aromatic rings. The Morgan fingerprint density at radius 1 is 1.41 bits per heavy atom. The number of benzene rings is 1. The molecule has 1 aromatic carbocycles. The lowest BCUT2D eigenvalue weighted by atomic mass is 9.98. The first-order valence-electron chi connectivity index (χ1n) is 7.93. The van der Waals surface area contributed by atoms with Crippen LogP contribution in [0.3, 0.4) is 0 Å². The Bertz CT molecular complexity index is 717. The molecule has 1 N–H and O–H groups in total. The molecule has 0 bridgehead atoms. The van der Waals surface area contributed by atoms with Crippen molar-refractivity contribution in [3.05, 3.63) is 41.9 Å². The van der Waals surface area contributed by atoms with Gasteiger partial charge in [0.2, 0.25) is 5.91 Å². The van der Waals surface area contributed by atoms with Crippen molar-refractivity contribution in [2.24, 2.45) is 0 Å². The highest BCUT2D eigenvalue weighted by Crippen LogP contribution is 2.29. The molecular formula is C18H21FN2O. The number of nitrogens with one attached hydrogen (secondary N) is 1. The fourth-order valence-electron chi connectivity index (χ4n) is 2.98. The Labute approximate surface area is 129 Å². The van der Waals surface area contributed by atoms with Gasteiger partial charge in [-0.25, -0.2) is 4.39 Å². The highest BCUT2D eigenvalue weighted by atomic mass is 19.1. The summed E-state index contributed by atoms with van der Waals surface area (Å²) in [7, 11) is 0. The lowest BCUT2D eigenvalue weighted by molar-refractivity contribution is -0.130. The number of halogens is 1. The summed E-state index contributed by atoms with van der Waals surface area (Å²) in [5, 5.41) is 0.914. The second-order valence-electron chi connectivity index (χ2n) is 5.81. The molecule has 0 unspecified atom stereocenters. The quantitative estimate of drug-likeness (QED) is 0.906. The van der Waals surface area contributed by atoms with Gasteiger partial charge in [0.05, 0.1) is 0 Å². The third-order valence-electron chi connectivity index (χ3n) is 4.30. The van der Waals surface area contributed by atoms with Crippen LogP contribution in [-0.4, -0.2) is 28.9 Å². The Morgan fingerprint density at radius 2 is 2.27 bits per heavy atom. The molecule has 1 amide bonds. The summed E-state index contributed by atoms with van der Waals surface area (Å²) in [5.41, 5.74) is 3.19. The Balaban J connectivity index is 1.77. The zero-order valence-electron chi connectivity index (χ0n) is 12.9. The van der Waals surface area contributed by atoms with E-state index in [1.165, 1.54) is 11.6 Å². The average Bonchev–Trinajstić information content (AvgIpc) is 2.95. The number of aromatic amines is 1. The molecule has 3 nitrogen and oxygen atoms in total. The third kappa shape index (κ3) is 2.91. The molecule has 116 valence electrons. The van der Waals surface area contributed by atoms with E-state index in [4.69, 9.17) is 0 Å². The van der Waals surface area contributed by atoms with Crippen LogP contribution in [0.5, 0.6) is 0 Å². The predicted octanol–water partition coefficient (Wildman–Crippen LogP) is 4.11. The Hall–Kier alpha value is -2.10. The SMILES string of the molecule is CCCCC(=O)N1CC=C(c2c[nH]c3ccc(F)cc23)CC1. The highest BCUT2D eigenvalue weighted by molar-refractivity contribution is 5.93. The van der Waals surface area contributed by atoms with Crippen molar-refractivity contribution >= 4 is 22.4 Å². The summed E-state index contributed by atoms with van der Waals surface area (Å²) in [5.74, 6) is 0.0169. The van der Waals surface area contributed by atoms with Crippen molar-refractivity contribution in [3.63, 3.8) is 0 Å². The molecule has 1 aromatic heterocycles. The summed E-state index contributed by atoms with van der Waals surface area (Å²) in [6, 6.07) is 4.80. The van der Waals surface area contributed by atoms with Crippen molar-refractivity contribution in [1.29, 1.82) is 0 Å². The van der Waals surface area contributed by atoms with Crippen LogP contribution >= 0.6 is 0 Å². The van der Waals surface area contributed by atoms with Gasteiger partial charge in [-0.2, -0.15) is 0 Å². The van der Waals surface area contributed by atoms with Gasteiger partial charge in [-0.3, -0.25) is 4.79 Å². The molecule has 0 saturated heterocycles. The van der Waals surface area contributed by atoms with Gasteiger partial charge in [0.1, 0.15) is 5.82 Å². The summed E-state index contributed by atoms with van der Waals surface area (Å²) in [6.07, 6.45) is 7.49. The first-order valence-corrected chi connectivity index (χ1v) is 7.93. The Morgan fingerprint density at radius 3 is 3.00 bits per heavy atom. The molecule has 0 atom stereocenters. The van der Waals surface area contributed by atoms with Crippen LogP contribution < -0.4 is 0 Å². The van der Waals surface area contributed by atoms with Crippen molar-refractivity contribution in [2.45, 2.75) is 32.6 Å². The average molecular weight is 300 g/mol. The van der Waals surface area contributed by atoms with Crippen LogP contribution in [0, 0.1) is 5.82 Å². The fourth-order valence-corrected chi connectivity index (χ4v) is 2.98. The van der Waals surface area contributed by atoms with E-state index in [2.05, 4.69) is 18.0 Å². The van der Waals surface area contributed by atoms with Gasteiger partial charge < -0.3 is 9.88 Å². The van der Waals surface area contributed by atoms with Crippen LogP contribution in [0.1, 0.15) is 38.2 Å². The lowest BCUT2D eigenvalue weighted by Crippen LogP contribution is -2.34. The van der Waals surface area contributed by atoms with Crippen molar-refractivity contribution in [2.75, 3.05) is 13.1 Å². The monoisotopic (exact) mass is 300 g/mol. The number of fused-ring (bicyclic) bond motifs is 1. The second-order valence-corrected chi connectivity index (χ2v) is 5.81. The molecule has 0 spiro atoms. The van der Waals surface area contributed by atoms with Gasteiger partial charge in [0.25, 0.3) is 0 Å². The molecule has 0 radical (unpaired) electrons. The smallest absolute Gasteiger partial charge is 0.222 e. The van der Waals surface area contributed by atoms with E-state index in [1.807, 2.05) is 11.1 Å². The molecule has 1 aliphatic rings. The van der Waals surface area contributed by atoms with Gasteiger partial charge in [0, 0.05) is 42.2 Å². The topological polar surface area (TPSA) is 36.1 Å². The zero-order chi connectivity index (χ0) is 15.5. The van der Waals surface area contributed by atoms with Gasteiger partial charge in [-0.05, 0) is 36.6 Å². The maximum atomic E-state index is 13.5. The van der Waals surface area contributed by atoms with E-state index in [1.54, 1.807) is 12.1 Å². The standard InChI is InChI=1S/C18H21FN2O/c1-2-3-4-18(22)21-9-7-13(8-10-21)16-12-20-17-6-5-14(19)11-15(16)17/h5-7,11-12,20H,2-4,8-10H2,1H3. The fraction of sp³-hybridized carbons (Fsp3) is 0.389. The number of carbonyl (C=O) groups is 1. The Kier molecular flexibility index (Phi) is 4.27. The lowest BCUT2D eigenvalue weighted by Gasteiger charge is -2.26. The minimum atomic E-state index is -0.221. The number of nitrogens with zero attached hydrogens (tertiary/aromatic N) is 1. The van der Waals surface area contributed by atoms with Gasteiger partial charge in [-0.1, -0.05) is 19.4 Å². The molecule has 1 aliphatic heterocycles. The number of unbranched alkanes of at least 4 members (excludes halogenated alkanes) is 1. The van der Waals surface area contributed by atoms with Gasteiger partial charge in [-0.15, -0.1) is 0 Å². The summed E-state index contributed by atoms with van der Waals surface area (Å²) in [4.78, 5) is 17.1. The molecule has 22 heavy (non-hydrogen) atoms. The zero-order valence-corrected chi connectivity index (χ0v) is 12.9. The maximum Gasteiger partial charge on any atom is 0.222 e. The van der Waals surface area contributed by atoms with E-state index in [9.17, 15) is 9.18 Å². The number of hydrogen-bond acceptors (Lipinski definition) is 1. The largest absolute Gasteiger partial charge is 0.361 e. The van der Waals surface area contributed by atoms with E-state index in [-0.39, 0.29) is 11.7 Å². The normalized spacial score (nSPS) is 15.2. The van der Waals surface area contributed by atoms with E-state index in [0.717, 1.165) is 42.3 Å². The summed E-state index contributed by atoms with van der Waals surface area (Å²) >= 11 is 0. The molecular weight excluding hydrogens is 279 g/mol. The van der Waals surface area contributed by atoms with Crippen molar-refractivity contribution in [3.8, 4) is 0 Å². The highest BCUT2D eigenvalue weighted by Gasteiger charge is 2.19. The van der Waals surface area contributed by atoms with Crippen molar-refractivity contribution in [1.82, 2.24) is 9.88 Å². The minimum Gasteiger partial charge on any atom is -0.361 e. The summed E-state index contributed by atoms with van der Waals surface area (Å²) < 4.78 is 13.5. The molecule has 0 saturated carbocycles. The minimum absolute atomic E-state index is 0.221. The summed E-state index contributed by atoms with van der Waals surface area (Å²) in [6.45, 7) is 3.49. The number of rotatable bonds is 4.